The number of carbonyl (C=O) groups is 1. The SMILES string of the molecule is O=C(c1cnc(N2CCCCC2)nc1-c1cccnc1)N1CCCCCC1. The lowest BCUT2D eigenvalue weighted by Crippen LogP contribution is -2.34. The largest absolute Gasteiger partial charge is 0.341 e. The first-order chi connectivity index (χ1) is 13.3. The van der Waals surface area contributed by atoms with Crippen molar-refractivity contribution in [3.05, 3.63) is 36.3 Å². The van der Waals surface area contributed by atoms with Crippen LogP contribution in [0.4, 0.5) is 5.95 Å². The summed E-state index contributed by atoms with van der Waals surface area (Å²) in [6, 6.07) is 3.85. The molecule has 0 spiro atoms. The van der Waals surface area contributed by atoms with E-state index in [1.165, 1.54) is 32.1 Å². The lowest BCUT2D eigenvalue weighted by atomic mass is 10.1. The van der Waals surface area contributed by atoms with Crippen LogP contribution in [-0.2, 0) is 0 Å². The Morgan fingerprint density at radius 1 is 0.889 bits per heavy atom. The fourth-order valence-corrected chi connectivity index (χ4v) is 3.94. The molecule has 6 heteroatoms. The first-order valence-corrected chi connectivity index (χ1v) is 10.1. The van der Waals surface area contributed by atoms with Crippen LogP contribution in [0.2, 0.25) is 0 Å². The van der Waals surface area contributed by atoms with Gasteiger partial charge in [-0.25, -0.2) is 9.97 Å². The molecule has 4 rings (SSSR count). The van der Waals surface area contributed by atoms with Crippen molar-refractivity contribution < 1.29 is 4.79 Å². The van der Waals surface area contributed by atoms with Gasteiger partial charge in [0.15, 0.2) is 0 Å². The van der Waals surface area contributed by atoms with E-state index in [1.807, 2.05) is 17.0 Å². The molecule has 4 heterocycles. The third-order valence-electron chi connectivity index (χ3n) is 5.47. The van der Waals surface area contributed by atoms with Crippen LogP contribution >= 0.6 is 0 Å². The number of amides is 1. The molecule has 0 unspecified atom stereocenters. The summed E-state index contributed by atoms with van der Waals surface area (Å²) in [6.45, 7) is 3.59. The van der Waals surface area contributed by atoms with E-state index in [9.17, 15) is 4.79 Å². The average molecular weight is 365 g/mol. The minimum absolute atomic E-state index is 0.0425. The summed E-state index contributed by atoms with van der Waals surface area (Å²) in [7, 11) is 0. The van der Waals surface area contributed by atoms with Crippen molar-refractivity contribution >= 4 is 11.9 Å². The smallest absolute Gasteiger partial charge is 0.257 e. The summed E-state index contributed by atoms with van der Waals surface area (Å²) in [4.78, 5) is 31.1. The van der Waals surface area contributed by atoms with Crippen LogP contribution in [0.25, 0.3) is 11.3 Å². The molecule has 0 aliphatic carbocycles. The van der Waals surface area contributed by atoms with E-state index in [1.54, 1.807) is 18.6 Å². The van der Waals surface area contributed by atoms with Gasteiger partial charge in [-0.15, -0.1) is 0 Å². The highest BCUT2D eigenvalue weighted by molar-refractivity contribution is 5.99. The second-order valence-electron chi connectivity index (χ2n) is 7.43. The van der Waals surface area contributed by atoms with Gasteiger partial charge in [0.25, 0.3) is 5.91 Å². The number of pyridine rings is 1. The van der Waals surface area contributed by atoms with E-state index in [2.05, 4.69) is 14.9 Å². The van der Waals surface area contributed by atoms with Crippen molar-refractivity contribution in [3.8, 4) is 11.3 Å². The first kappa shape index (κ1) is 17.9. The van der Waals surface area contributed by atoms with Gasteiger partial charge in [0.05, 0.1) is 11.3 Å². The van der Waals surface area contributed by atoms with Crippen LogP contribution in [0, 0.1) is 0 Å². The van der Waals surface area contributed by atoms with Gasteiger partial charge in [-0.2, -0.15) is 0 Å². The van der Waals surface area contributed by atoms with Crippen LogP contribution in [0.5, 0.6) is 0 Å². The number of piperidine rings is 1. The summed E-state index contributed by atoms with van der Waals surface area (Å²) >= 11 is 0. The summed E-state index contributed by atoms with van der Waals surface area (Å²) in [5.74, 6) is 0.766. The number of rotatable bonds is 3. The Morgan fingerprint density at radius 3 is 2.30 bits per heavy atom. The molecule has 2 fully saturated rings. The van der Waals surface area contributed by atoms with Crippen molar-refractivity contribution in [2.24, 2.45) is 0 Å². The van der Waals surface area contributed by atoms with Gasteiger partial charge in [0.2, 0.25) is 5.95 Å². The number of hydrogen-bond acceptors (Lipinski definition) is 5. The van der Waals surface area contributed by atoms with Gasteiger partial charge in [0, 0.05) is 50.3 Å². The number of likely N-dealkylation sites (tertiary alicyclic amines) is 1. The summed E-state index contributed by atoms with van der Waals surface area (Å²) in [5, 5.41) is 0. The monoisotopic (exact) mass is 365 g/mol. The molecule has 0 aromatic carbocycles. The van der Waals surface area contributed by atoms with Crippen LogP contribution in [-0.4, -0.2) is 51.9 Å². The number of aromatic nitrogens is 3. The topological polar surface area (TPSA) is 62.2 Å². The third kappa shape index (κ3) is 4.10. The Hall–Kier alpha value is -2.50. The molecule has 1 amide bonds. The van der Waals surface area contributed by atoms with Crippen LogP contribution in [0.15, 0.2) is 30.7 Å². The molecule has 0 radical (unpaired) electrons. The molecular weight excluding hydrogens is 338 g/mol. The van der Waals surface area contributed by atoms with Gasteiger partial charge in [-0.3, -0.25) is 9.78 Å². The quantitative estimate of drug-likeness (QED) is 0.832. The Morgan fingerprint density at radius 2 is 1.59 bits per heavy atom. The van der Waals surface area contributed by atoms with E-state index in [4.69, 9.17) is 4.98 Å². The predicted molar refractivity (Wildman–Crippen MR) is 106 cm³/mol. The maximum Gasteiger partial charge on any atom is 0.257 e. The number of carbonyl (C=O) groups excluding carboxylic acids is 1. The predicted octanol–water partition coefficient (Wildman–Crippen LogP) is 3.55. The molecule has 0 saturated carbocycles. The molecule has 2 aromatic rings. The molecule has 0 N–H and O–H groups in total. The zero-order valence-corrected chi connectivity index (χ0v) is 15.8. The first-order valence-electron chi connectivity index (χ1n) is 10.1. The Kier molecular flexibility index (Phi) is 5.61. The Balaban J connectivity index is 1.70. The molecule has 2 aliphatic rings. The molecule has 2 aliphatic heterocycles. The van der Waals surface area contributed by atoms with Crippen molar-refractivity contribution in [1.29, 1.82) is 0 Å². The van der Waals surface area contributed by atoms with E-state index >= 15 is 0 Å². The molecule has 27 heavy (non-hydrogen) atoms. The highest BCUT2D eigenvalue weighted by atomic mass is 16.2. The number of anilines is 1. The van der Waals surface area contributed by atoms with E-state index in [-0.39, 0.29) is 5.91 Å². The third-order valence-corrected chi connectivity index (χ3v) is 5.47. The Bertz CT molecular complexity index is 765. The lowest BCUT2D eigenvalue weighted by molar-refractivity contribution is 0.0761. The van der Waals surface area contributed by atoms with E-state index in [0.29, 0.717) is 11.3 Å². The van der Waals surface area contributed by atoms with Crippen LogP contribution in [0.1, 0.15) is 55.3 Å². The standard InChI is InChI=1S/C21H27N5O/c27-20(25-11-4-1-2-5-12-25)18-16-23-21(26-13-6-3-7-14-26)24-19(18)17-9-8-10-22-15-17/h8-10,15-16H,1-7,11-14H2. The summed E-state index contributed by atoms with van der Waals surface area (Å²) < 4.78 is 0. The maximum absolute atomic E-state index is 13.2. The normalized spacial score (nSPS) is 18.2. The zero-order chi connectivity index (χ0) is 18.5. The van der Waals surface area contributed by atoms with Gasteiger partial charge in [0.1, 0.15) is 0 Å². The van der Waals surface area contributed by atoms with E-state index < -0.39 is 0 Å². The van der Waals surface area contributed by atoms with Gasteiger partial charge >= 0.3 is 0 Å². The number of nitrogens with zero attached hydrogens (tertiary/aromatic N) is 5. The molecule has 0 atom stereocenters. The van der Waals surface area contributed by atoms with Crippen LogP contribution < -0.4 is 4.90 Å². The maximum atomic E-state index is 13.2. The second-order valence-corrected chi connectivity index (χ2v) is 7.43. The van der Waals surface area contributed by atoms with Crippen LogP contribution in [0.3, 0.4) is 0 Å². The van der Waals surface area contributed by atoms with Crippen molar-refractivity contribution in [2.75, 3.05) is 31.1 Å². The molecule has 6 nitrogen and oxygen atoms in total. The highest BCUT2D eigenvalue weighted by Gasteiger charge is 2.24. The molecular formula is C21H27N5O. The minimum atomic E-state index is 0.0425. The second kappa shape index (κ2) is 8.46. The molecule has 2 saturated heterocycles. The minimum Gasteiger partial charge on any atom is -0.341 e. The fraction of sp³-hybridized carbons (Fsp3) is 0.524. The van der Waals surface area contributed by atoms with Crippen molar-refractivity contribution in [1.82, 2.24) is 19.9 Å². The molecule has 2 aromatic heterocycles. The lowest BCUT2D eigenvalue weighted by Gasteiger charge is -2.27. The zero-order valence-electron chi connectivity index (χ0n) is 15.8. The average Bonchev–Trinajstić information content (AvgIpc) is 3.04. The van der Waals surface area contributed by atoms with E-state index in [0.717, 1.165) is 50.5 Å². The fourth-order valence-electron chi connectivity index (χ4n) is 3.94. The number of hydrogen-bond donors (Lipinski definition) is 0. The van der Waals surface area contributed by atoms with Crippen molar-refractivity contribution in [3.63, 3.8) is 0 Å². The molecule has 0 bridgehead atoms. The van der Waals surface area contributed by atoms with Gasteiger partial charge < -0.3 is 9.80 Å². The molecule has 142 valence electrons. The van der Waals surface area contributed by atoms with Gasteiger partial charge in [-0.05, 0) is 44.2 Å². The summed E-state index contributed by atoms with van der Waals surface area (Å²) in [5.41, 5.74) is 2.16. The Labute approximate surface area is 160 Å². The van der Waals surface area contributed by atoms with Crippen molar-refractivity contribution in [2.45, 2.75) is 44.9 Å². The summed E-state index contributed by atoms with van der Waals surface area (Å²) in [6.07, 6.45) is 13.4. The highest BCUT2D eigenvalue weighted by Crippen LogP contribution is 2.26. The van der Waals surface area contributed by atoms with Gasteiger partial charge in [-0.1, -0.05) is 12.8 Å².